The van der Waals surface area contributed by atoms with Gasteiger partial charge in [-0.2, -0.15) is 0 Å². The number of sulfonamides is 1. The number of hydrogen-bond donors (Lipinski definition) is 2. The summed E-state index contributed by atoms with van der Waals surface area (Å²) in [6.07, 6.45) is 0. The van der Waals surface area contributed by atoms with Crippen molar-refractivity contribution in [3.63, 3.8) is 0 Å². The number of rotatable bonds is 8. The molecule has 28 heavy (non-hydrogen) atoms. The van der Waals surface area contributed by atoms with Gasteiger partial charge in [0, 0.05) is 6.54 Å². The largest absolute Gasteiger partial charge is 0.483 e. The maximum absolute atomic E-state index is 12.2. The average Bonchev–Trinajstić information content (AvgIpc) is 2.65. The molecule has 0 aliphatic rings. The van der Waals surface area contributed by atoms with E-state index < -0.39 is 10.0 Å². The van der Waals surface area contributed by atoms with Gasteiger partial charge in [0.2, 0.25) is 10.0 Å². The lowest BCUT2D eigenvalue weighted by Gasteiger charge is -2.22. The summed E-state index contributed by atoms with van der Waals surface area (Å²) in [4.78, 5) is 12.2. The topological polar surface area (TPSA) is 84.5 Å². The fourth-order valence-electron chi connectivity index (χ4n) is 2.75. The molecule has 0 aliphatic heterocycles. The smallest absolute Gasteiger partial charge is 0.258 e. The second kappa shape index (κ2) is 9.21. The van der Waals surface area contributed by atoms with E-state index in [-0.39, 0.29) is 30.2 Å². The highest BCUT2D eigenvalue weighted by atomic mass is 32.2. The van der Waals surface area contributed by atoms with Crippen LogP contribution in [0.15, 0.2) is 48.5 Å². The Morgan fingerprint density at radius 2 is 1.61 bits per heavy atom. The fraction of sp³-hybridized carbons (Fsp3) is 0.381. The minimum absolute atomic E-state index is 0.0924. The number of hydrogen-bond acceptors (Lipinski definition) is 4. The van der Waals surface area contributed by atoms with Crippen LogP contribution in [0.1, 0.15) is 37.5 Å². The van der Waals surface area contributed by atoms with Gasteiger partial charge in [0.25, 0.3) is 5.91 Å². The van der Waals surface area contributed by atoms with Crippen molar-refractivity contribution < 1.29 is 17.9 Å². The SMILES string of the molecule is CNS(=O)(=O)Cc1ccccc1CNC(=O)COc1ccccc1C(C)(C)C. The van der Waals surface area contributed by atoms with Crippen LogP contribution >= 0.6 is 0 Å². The van der Waals surface area contributed by atoms with Crippen molar-refractivity contribution in [2.75, 3.05) is 13.7 Å². The van der Waals surface area contributed by atoms with E-state index in [2.05, 4.69) is 30.8 Å². The molecule has 7 heteroatoms. The minimum Gasteiger partial charge on any atom is -0.483 e. The van der Waals surface area contributed by atoms with Crippen LogP contribution in [0.2, 0.25) is 0 Å². The molecular formula is C21H28N2O4S. The van der Waals surface area contributed by atoms with E-state index >= 15 is 0 Å². The first-order valence-corrected chi connectivity index (χ1v) is 10.7. The van der Waals surface area contributed by atoms with Crippen LogP contribution < -0.4 is 14.8 Å². The fourth-order valence-corrected chi connectivity index (χ4v) is 3.58. The lowest BCUT2D eigenvalue weighted by atomic mass is 9.86. The van der Waals surface area contributed by atoms with Crippen molar-refractivity contribution >= 4 is 15.9 Å². The zero-order valence-corrected chi connectivity index (χ0v) is 17.6. The molecule has 6 nitrogen and oxygen atoms in total. The summed E-state index contributed by atoms with van der Waals surface area (Å²) >= 11 is 0. The molecule has 0 aromatic heterocycles. The van der Waals surface area contributed by atoms with E-state index in [4.69, 9.17) is 4.74 Å². The lowest BCUT2D eigenvalue weighted by Crippen LogP contribution is -2.29. The predicted octanol–water partition coefficient (Wildman–Crippen LogP) is 2.73. The van der Waals surface area contributed by atoms with Crippen LogP contribution in [0.4, 0.5) is 0 Å². The summed E-state index contributed by atoms with van der Waals surface area (Å²) in [5, 5.41) is 2.79. The van der Waals surface area contributed by atoms with Crippen molar-refractivity contribution in [3.05, 3.63) is 65.2 Å². The van der Waals surface area contributed by atoms with Gasteiger partial charge in [-0.3, -0.25) is 4.79 Å². The molecule has 2 aromatic rings. The molecule has 0 spiro atoms. The zero-order chi connectivity index (χ0) is 20.8. The number of benzene rings is 2. The predicted molar refractivity (Wildman–Crippen MR) is 111 cm³/mol. The number of ether oxygens (including phenoxy) is 1. The number of carbonyl (C=O) groups is 1. The monoisotopic (exact) mass is 404 g/mol. The molecule has 0 atom stereocenters. The second-order valence-electron chi connectivity index (χ2n) is 7.54. The van der Waals surface area contributed by atoms with E-state index in [0.717, 1.165) is 11.1 Å². The standard InChI is InChI=1S/C21H28N2O4S/c1-21(2,3)18-11-7-8-12-19(18)27-14-20(24)23-13-16-9-5-6-10-17(16)15-28(25,26)22-4/h5-12,22H,13-15H2,1-4H3,(H,23,24). The van der Waals surface area contributed by atoms with Crippen molar-refractivity contribution in [2.45, 2.75) is 38.5 Å². The van der Waals surface area contributed by atoms with Gasteiger partial charge in [-0.1, -0.05) is 63.2 Å². The lowest BCUT2D eigenvalue weighted by molar-refractivity contribution is -0.123. The molecule has 0 aliphatic carbocycles. The van der Waals surface area contributed by atoms with Crippen molar-refractivity contribution in [3.8, 4) is 5.75 Å². The summed E-state index contributed by atoms with van der Waals surface area (Å²) in [6.45, 7) is 6.39. The van der Waals surface area contributed by atoms with Crippen molar-refractivity contribution in [1.82, 2.24) is 10.0 Å². The molecule has 0 saturated heterocycles. The zero-order valence-electron chi connectivity index (χ0n) is 16.8. The van der Waals surface area contributed by atoms with E-state index in [1.54, 1.807) is 18.2 Å². The molecule has 0 heterocycles. The van der Waals surface area contributed by atoms with Gasteiger partial charge in [0.05, 0.1) is 5.75 Å². The number of amides is 1. The summed E-state index contributed by atoms with van der Waals surface area (Å²) in [5.41, 5.74) is 2.34. The second-order valence-corrected chi connectivity index (χ2v) is 9.47. The van der Waals surface area contributed by atoms with Gasteiger partial charge in [0.15, 0.2) is 6.61 Å². The molecule has 0 saturated carbocycles. The Hall–Kier alpha value is -2.38. The van der Waals surface area contributed by atoms with Gasteiger partial charge in [-0.25, -0.2) is 13.1 Å². The summed E-state index contributed by atoms with van der Waals surface area (Å²) in [6, 6.07) is 14.8. The summed E-state index contributed by atoms with van der Waals surface area (Å²) in [7, 11) is -2.00. The highest BCUT2D eigenvalue weighted by molar-refractivity contribution is 7.88. The molecule has 0 unspecified atom stereocenters. The number of para-hydroxylation sites is 1. The maximum Gasteiger partial charge on any atom is 0.258 e. The van der Waals surface area contributed by atoms with E-state index in [0.29, 0.717) is 11.3 Å². The first-order chi connectivity index (χ1) is 13.1. The van der Waals surface area contributed by atoms with Gasteiger partial charge < -0.3 is 10.1 Å². The third kappa shape index (κ3) is 6.35. The molecule has 1 amide bonds. The number of nitrogens with one attached hydrogen (secondary N) is 2. The van der Waals surface area contributed by atoms with Crippen LogP contribution in [0, 0.1) is 0 Å². The molecule has 0 bridgehead atoms. The highest BCUT2D eigenvalue weighted by Crippen LogP contribution is 2.30. The maximum atomic E-state index is 12.2. The van der Waals surface area contributed by atoms with Crippen molar-refractivity contribution in [2.24, 2.45) is 0 Å². The quantitative estimate of drug-likeness (QED) is 0.709. The molecule has 152 valence electrons. The van der Waals surface area contributed by atoms with Crippen molar-refractivity contribution in [1.29, 1.82) is 0 Å². The minimum atomic E-state index is -3.39. The first kappa shape index (κ1) is 21.9. The molecule has 2 N–H and O–H groups in total. The molecule has 0 fully saturated rings. The Bertz CT molecular complexity index is 918. The van der Waals surface area contributed by atoms with Crippen LogP contribution in [-0.2, 0) is 32.5 Å². The Morgan fingerprint density at radius 3 is 2.25 bits per heavy atom. The molecule has 2 rings (SSSR count). The summed E-state index contributed by atoms with van der Waals surface area (Å²) < 4.78 is 31.7. The Kier molecular flexibility index (Phi) is 7.21. The van der Waals surface area contributed by atoms with Gasteiger partial charge in [-0.05, 0) is 35.2 Å². The van der Waals surface area contributed by atoms with Crippen LogP contribution in [0.5, 0.6) is 5.75 Å². The Labute approximate surface area is 167 Å². The molecule has 2 aromatic carbocycles. The normalized spacial score (nSPS) is 11.9. The summed E-state index contributed by atoms with van der Waals surface area (Å²) in [5.74, 6) is 0.283. The Morgan fingerprint density at radius 1 is 1.00 bits per heavy atom. The highest BCUT2D eigenvalue weighted by Gasteiger charge is 2.19. The van der Waals surface area contributed by atoms with E-state index in [1.165, 1.54) is 7.05 Å². The first-order valence-electron chi connectivity index (χ1n) is 9.09. The van der Waals surface area contributed by atoms with Crippen LogP contribution in [-0.4, -0.2) is 28.0 Å². The van der Waals surface area contributed by atoms with E-state index in [9.17, 15) is 13.2 Å². The number of carbonyl (C=O) groups excluding carboxylic acids is 1. The average molecular weight is 405 g/mol. The van der Waals surface area contributed by atoms with Crippen LogP contribution in [0.25, 0.3) is 0 Å². The van der Waals surface area contributed by atoms with Crippen LogP contribution in [0.3, 0.4) is 0 Å². The van der Waals surface area contributed by atoms with E-state index in [1.807, 2.05) is 30.3 Å². The third-order valence-electron chi connectivity index (χ3n) is 4.30. The van der Waals surface area contributed by atoms with Gasteiger partial charge >= 0.3 is 0 Å². The molecule has 0 radical (unpaired) electrons. The third-order valence-corrected chi connectivity index (χ3v) is 5.62. The van der Waals surface area contributed by atoms with Gasteiger partial charge in [-0.15, -0.1) is 0 Å². The molecular weight excluding hydrogens is 376 g/mol. The Balaban J connectivity index is 1.98. The van der Waals surface area contributed by atoms with Gasteiger partial charge in [0.1, 0.15) is 5.75 Å².